The summed E-state index contributed by atoms with van der Waals surface area (Å²) in [7, 11) is 0. The second-order valence-electron chi connectivity index (χ2n) is 2.65. The highest BCUT2D eigenvalue weighted by Gasteiger charge is 2.25. The van der Waals surface area contributed by atoms with Crippen LogP contribution in [0.15, 0.2) is 0 Å². The van der Waals surface area contributed by atoms with E-state index in [2.05, 4.69) is 5.32 Å². The number of hydrogen-bond acceptors (Lipinski definition) is 3. The van der Waals surface area contributed by atoms with E-state index in [0.717, 1.165) is 0 Å². The van der Waals surface area contributed by atoms with Crippen LogP contribution in [-0.4, -0.2) is 35.5 Å². The molecule has 1 heterocycles. The molecule has 3 nitrogen and oxygen atoms in total. The number of hydrogen-bond donors (Lipinski definition) is 3. The molecule has 1 saturated heterocycles. The first-order valence-electron chi connectivity index (χ1n) is 3.28. The minimum absolute atomic E-state index is 0.0197. The third-order valence-electron chi connectivity index (χ3n) is 1.92. The molecule has 9 heavy (non-hydrogen) atoms. The summed E-state index contributed by atoms with van der Waals surface area (Å²) in [6.07, 6.45) is -0.762. The van der Waals surface area contributed by atoms with E-state index in [1.807, 2.05) is 6.92 Å². The van der Waals surface area contributed by atoms with Gasteiger partial charge in [-0.1, -0.05) is 6.92 Å². The van der Waals surface area contributed by atoms with Crippen LogP contribution < -0.4 is 5.32 Å². The summed E-state index contributed by atoms with van der Waals surface area (Å²) in [4.78, 5) is 0. The number of piperidine rings is 1. The van der Waals surface area contributed by atoms with Crippen molar-refractivity contribution in [2.75, 3.05) is 13.1 Å². The molecule has 3 N–H and O–H groups in total. The molecule has 1 aliphatic heterocycles. The Balaban J connectivity index is 2.41. The van der Waals surface area contributed by atoms with Gasteiger partial charge in [-0.15, -0.1) is 0 Å². The Hall–Kier alpha value is -0.120. The first kappa shape index (κ1) is 6.99. The maximum absolute atomic E-state index is 9.13. The number of rotatable bonds is 0. The third-order valence-corrected chi connectivity index (χ3v) is 1.92. The zero-order chi connectivity index (χ0) is 6.85. The zero-order valence-corrected chi connectivity index (χ0v) is 5.54. The highest BCUT2D eigenvalue weighted by molar-refractivity contribution is 4.80. The van der Waals surface area contributed by atoms with Gasteiger partial charge in [0.25, 0.3) is 0 Å². The lowest BCUT2D eigenvalue weighted by atomic mass is 9.95. The fraction of sp³-hybridized carbons (Fsp3) is 1.00. The van der Waals surface area contributed by atoms with Crippen LogP contribution in [-0.2, 0) is 0 Å². The van der Waals surface area contributed by atoms with E-state index >= 15 is 0 Å². The van der Waals surface area contributed by atoms with Crippen LogP contribution in [0.2, 0.25) is 0 Å². The predicted octanol–water partition coefficient (Wildman–Crippen LogP) is -1.05. The van der Waals surface area contributed by atoms with E-state index in [4.69, 9.17) is 10.2 Å². The average Bonchev–Trinajstić information content (AvgIpc) is 1.83. The molecule has 0 aromatic carbocycles. The van der Waals surface area contributed by atoms with Gasteiger partial charge in [-0.25, -0.2) is 0 Å². The third kappa shape index (κ3) is 1.41. The molecule has 0 saturated carbocycles. The highest BCUT2D eigenvalue weighted by atomic mass is 16.3. The summed E-state index contributed by atoms with van der Waals surface area (Å²) in [6.45, 7) is 3.08. The normalized spacial score (nSPS) is 45.0. The van der Waals surface area contributed by atoms with Crippen molar-refractivity contribution < 1.29 is 10.2 Å². The monoisotopic (exact) mass is 131 g/mol. The molecular weight excluding hydrogens is 118 g/mol. The average molecular weight is 131 g/mol. The van der Waals surface area contributed by atoms with Gasteiger partial charge in [0.15, 0.2) is 0 Å². The van der Waals surface area contributed by atoms with Crippen LogP contribution in [0.3, 0.4) is 0 Å². The van der Waals surface area contributed by atoms with Crippen molar-refractivity contribution in [2.24, 2.45) is 5.92 Å². The summed E-state index contributed by atoms with van der Waals surface area (Å²) in [5, 5.41) is 21.2. The lowest BCUT2D eigenvalue weighted by Gasteiger charge is -2.29. The van der Waals surface area contributed by atoms with Crippen LogP contribution in [0.25, 0.3) is 0 Å². The van der Waals surface area contributed by atoms with Crippen molar-refractivity contribution in [3.05, 3.63) is 0 Å². The fourth-order valence-electron chi connectivity index (χ4n) is 1.01. The molecule has 3 heteroatoms. The Bertz CT molecular complexity index is 87.1. The Kier molecular flexibility index (Phi) is 2.05. The van der Waals surface area contributed by atoms with Crippen molar-refractivity contribution >= 4 is 0 Å². The van der Waals surface area contributed by atoms with Gasteiger partial charge >= 0.3 is 0 Å². The fourth-order valence-corrected chi connectivity index (χ4v) is 1.01. The molecule has 0 aliphatic carbocycles. The second-order valence-corrected chi connectivity index (χ2v) is 2.65. The first-order valence-corrected chi connectivity index (χ1v) is 3.28. The largest absolute Gasteiger partial charge is 0.391 e. The maximum Gasteiger partial charge on any atom is 0.0715 e. The van der Waals surface area contributed by atoms with Crippen LogP contribution in [0.5, 0.6) is 0 Å². The second kappa shape index (κ2) is 2.64. The number of aliphatic hydroxyl groups is 2. The van der Waals surface area contributed by atoms with Crippen molar-refractivity contribution in [2.45, 2.75) is 19.1 Å². The van der Waals surface area contributed by atoms with Gasteiger partial charge in [0.1, 0.15) is 0 Å². The molecule has 0 aromatic rings. The molecule has 1 unspecified atom stereocenters. The first-order chi connectivity index (χ1) is 4.22. The van der Waals surface area contributed by atoms with Crippen LogP contribution >= 0.6 is 0 Å². The van der Waals surface area contributed by atoms with E-state index in [1.165, 1.54) is 0 Å². The van der Waals surface area contributed by atoms with Gasteiger partial charge in [0, 0.05) is 19.0 Å². The maximum atomic E-state index is 9.13. The topological polar surface area (TPSA) is 52.5 Å². The van der Waals surface area contributed by atoms with E-state index < -0.39 is 0 Å². The number of aliphatic hydroxyl groups excluding tert-OH is 2. The van der Waals surface area contributed by atoms with E-state index in [9.17, 15) is 0 Å². The molecule has 0 amide bonds. The molecule has 0 spiro atoms. The van der Waals surface area contributed by atoms with Crippen LogP contribution in [0.4, 0.5) is 0 Å². The van der Waals surface area contributed by atoms with Crippen molar-refractivity contribution in [1.82, 2.24) is 5.32 Å². The van der Waals surface area contributed by atoms with Gasteiger partial charge < -0.3 is 15.5 Å². The summed E-state index contributed by atoms with van der Waals surface area (Å²) >= 11 is 0. The number of nitrogens with one attached hydrogen (secondary N) is 1. The summed E-state index contributed by atoms with van der Waals surface area (Å²) in [5.41, 5.74) is 0. The molecule has 3 atom stereocenters. The molecular formula is C6H13NO2. The summed E-state index contributed by atoms with van der Waals surface area (Å²) in [5.74, 6) is 0.0197. The Labute approximate surface area is 54.7 Å². The van der Waals surface area contributed by atoms with E-state index in [-0.39, 0.29) is 18.1 Å². The van der Waals surface area contributed by atoms with Gasteiger partial charge in [0.2, 0.25) is 0 Å². The molecule has 1 rings (SSSR count). The smallest absolute Gasteiger partial charge is 0.0715 e. The summed E-state index contributed by atoms with van der Waals surface area (Å²) in [6, 6.07) is 0. The Morgan fingerprint density at radius 3 is 2.00 bits per heavy atom. The predicted molar refractivity (Wildman–Crippen MR) is 34.0 cm³/mol. The zero-order valence-electron chi connectivity index (χ0n) is 5.54. The molecule has 0 aromatic heterocycles. The van der Waals surface area contributed by atoms with Crippen LogP contribution in [0.1, 0.15) is 6.92 Å². The van der Waals surface area contributed by atoms with Gasteiger partial charge in [-0.3, -0.25) is 0 Å². The SMILES string of the molecule is CC1[C@H](O)CNC[C@@H]1O. The van der Waals surface area contributed by atoms with Gasteiger partial charge in [0.05, 0.1) is 12.2 Å². The Morgan fingerprint density at radius 1 is 1.22 bits per heavy atom. The number of β-amino-alcohol motifs (C(OH)–C–C–N with tert-alkyl or cyclic N) is 2. The van der Waals surface area contributed by atoms with E-state index in [0.29, 0.717) is 13.1 Å². The molecule has 0 radical (unpaired) electrons. The van der Waals surface area contributed by atoms with Gasteiger partial charge in [-0.2, -0.15) is 0 Å². The van der Waals surface area contributed by atoms with Gasteiger partial charge in [-0.05, 0) is 0 Å². The molecule has 1 fully saturated rings. The quantitative estimate of drug-likeness (QED) is 0.393. The standard InChI is InChI=1S/C6H13NO2/c1-4-5(8)2-7-3-6(4)9/h4-9H,2-3H2,1H3/t4?,5-,6+. The van der Waals surface area contributed by atoms with Crippen LogP contribution in [0, 0.1) is 5.92 Å². The molecule has 0 bridgehead atoms. The minimum Gasteiger partial charge on any atom is -0.391 e. The molecule has 1 aliphatic rings. The minimum atomic E-state index is -0.381. The Morgan fingerprint density at radius 2 is 1.67 bits per heavy atom. The van der Waals surface area contributed by atoms with Crippen molar-refractivity contribution in [3.8, 4) is 0 Å². The van der Waals surface area contributed by atoms with E-state index in [1.54, 1.807) is 0 Å². The van der Waals surface area contributed by atoms with Crippen molar-refractivity contribution in [1.29, 1.82) is 0 Å². The van der Waals surface area contributed by atoms with Crippen molar-refractivity contribution in [3.63, 3.8) is 0 Å². The molecule has 54 valence electrons. The summed E-state index contributed by atoms with van der Waals surface area (Å²) < 4.78 is 0. The highest BCUT2D eigenvalue weighted by Crippen LogP contribution is 2.10. The lowest BCUT2D eigenvalue weighted by molar-refractivity contribution is -0.00228. The lowest BCUT2D eigenvalue weighted by Crippen LogP contribution is -2.48.